The van der Waals surface area contributed by atoms with Crippen LogP contribution in [-0.2, 0) is 6.54 Å². The molecule has 1 atom stereocenters. The average Bonchev–Trinajstić information content (AvgIpc) is 3.02. The van der Waals surface area contributed by atoms with E-state index in [1.807, 2.05) is 48.7 Å². The monoisotopic (exact) mass is 342 g/mol. The molecule has 0 spiro atoms. The van der Waals surface area contributed by atoms with Crippen molar-refractivity contribution in [3.63, 3.8) is 0 Å². The first-order valence-electron chi connectivity index (χ1n) is 7.69. The maximum Gasteiger partial charge on any atom is 0.123 e. The molecule has 0 bridgehead atoms. The van der Waals surface area contributed by atoms with Crippen molar-refractivity contribution in [2.45, 2.75) is 19.5 Å². The molecule has 0 saturated heterocycles. The smallest absolute Gasteiger partial charge is 0.123 e. The van der Waals surface area contributed by atoms with Gasteiger partial charge in [-0.05, 0) is 42.3 Å². The molecule has 5 heteroatoms. The predicted octanol–water partition coefficient (Wildman–Crippen LogP) is 4.48. The lowest BCUT2D eigenvalue weighted by Crippen LogP contribution is -2.22. The van der Waals surface area contributed by atoms with Crippen LogP contribution in [0, 0.1) is 12.7 Å². The van der Waals surface area contributed by atoms with Crippen LogP contribution in [0.5, 0.6) is 5.75 Å². The molecule has 0 aliphatic rings. The second-order valence-corrected chi connectivity index (χ2v) is 6.46. The highest BCUT2D eigenvalue weighted by atomic mass is 32.1. The van der Waals surface area contributed by atoms with Crippen LogP contribution in [0.3, 0.4) is 0 Å². The molecule has 124 valence electrons. The van der Waals surface area contributed by atoms with E-state index in [2.05, 4.69) is 10.3 Å². The number of aryl methyl sites for hydroxylation is 1. The summed E-state index contributed by atoms with van der Waals surface area (Å²) in [6.45, 7) is 2.65. The summed E-state index contributed by atoms with van der Waals surface area (Å²) in [5.74, 6) is 0.579. The Morgan fingerprint density at radius 1 is 1.08 bits per heavy atom. The van der Waals surface area contributed by atoms with Crippen molar-refractivity contribution in [2.24, 2.45) is 0 Å². The highest BCUT2D eigenvalue weighted by molar-refractivity contribution is 7.09. The SMILES string of the molecule is COc1ccc(C(NCc2nc(C)cs2)c2ccc(F)cc2)cc1. The van der Waals surface area contributed by atoms with Crippen molar-refractivity contribution >= 4 is 11.3 Å². The Balaban J connectivity index is 1.85. The van der Waals surface area contributed by atoms with Crippen molar-refractivity contribution in [2.75, 3.05) is 7.11 Å². The van der Waals surface area contributed by atoms with E-state index in [-0.39, 0.29) is 11.9 Å². The average molecular weight is 342 g/mol. The molecular formula is C19H19FN2OS. The van der Waals surface area contributed by atoms with Crippen LogP contribution in [0.2, 0.25) is 0 Å². The number of ether oxygens (including phenoxy) is 1. The van der Waals surface area contributed by atoms with Gasteiger partial charge in [-0.15, -0.1) is 11.3 Å². The van der Waals surface area contributed by atoms with Crippen molar-refractivity contribution in [1.82, 2.24) is 10.3 Å². The number of thiazole rings is 1. The second-order valence-electron chi connectivity index (χ2n) is 5.52. The first kappa shape index (κ1) is 16.6. The molecule has 3 aromatic rings. The maximum absolute atomic E-state index is 13.3. The molecular weight excluding hydrogens is 323 g/mol. The van der Waals surface area contributed by atoms with Crippen LogP contribution in [0.4, 0.5) is 4.39 Å². The Morgan fingerprint density at radius 2 is 1.71 bits per heavy atom. The largest absolute Gasteiger partial charge is 0.497 e. The summed E-state index contributed by atoms with van der Waals surface area (Å²) in [5, 5.41) is 6.60. The Morgan fingerprint density at radius 3 is 2.25 bits per heavy atom. The van der Waals surface area contributed by atoms with Crippen molar-refractivity contribution in [3.05, 3.63) is 81.6 Å². The van der Waals surface area contributed by atoms with Crippen LogP contribution >= 0.6 is 11.3 Å². The fourth-order valence-electron chi connectivity index (χ4n) is 2.55. The molecule has 2 aromatic carbocycles. The lowest BCUT2D eigenvalue weighted by atomic mass is 9.98. The molecule has 1 unspecified atom stereocenters. The maximum atomic E-state index is 13.3. The van der Waals surface area contributed by atoms with E-state index in [1.54, 1.807) is 18.4 Å². The first-order valence-corrected chi connectivity index (χ1v) is 8.57. The Kier molecular flexibility index (Phi) is 5.23. The van der Waals surface area contributed by atoms with Gasteiger partial charge in [0.25, 0.3) is 0 Å². The van der Waals surface area contributed by atoms with E-state index in [4.69, 9.17) is 4.74 Å². The number of nitrogens with zero attached hydrogens (tertiary/aromatic N) is 1. The van der Waals surface area contributed by atoms with Gasteiger partial charge in [-0.2, -0.15) is 0 Å². The zero-order valence-electron chi connectivity index (χ0n) is 13.6. The zero-order valence-corrected chi connectivity index (χ0v) is 14.4. The van der Waals surface area contributed by atoms with E-state index in [0.717, 1.165) is 27.6 Å². The molecule has 0 saturated carbocycles. The molecule has 3 rings (SSSR count). The lowest BCUT2D eigenvalue weighted by Gasteiger charge is -2.19. The summed E-state index contributed by atoms with van der Waals surface area (Å²) in [4.78, 5) is 4.49. The number of hydrogen-bond donors (Lipinski definition) is 1. The van der Waals surface area contributed by atoms with Gasteiger partial charge in [0, 0.05) is 17.6 Å². The van der Waals surface area contributed by atoms with Gasteiger partial charge in [-0.3, -0.25) is 5.32 Å². The molecule has 24 heavy (non-hydrogen) atoms. The van der Waals surface area contributed by atoms with Crippen molar-refractivity contribution in [3.8, 4) is 5.75 Å². The minimum Gasteiger partial charge on any atom is -0.497 e. The van der Waals surface area contributed by atoms with Crippen LogP contribution in [0.15, 0.2) is 53.9 Å². The Labute approximate surface area is 145 Å². The predicted molar refractivity (Wildman–Crippen MR) is 94.9 cm³/mol. The highest BCUT2D eigenvalue weighted by Crippen LogP contribution is 2.25. The number of aromatic nitrogens is 1. The van der Waals surface area contributed by atoms with E-state index in [1.165, 1.54) is 12.1 Å². The molecule has 1 heterocycles. The molecule has 0 radical (unpaired) electrons. The van der Waals surface area contributed by atoms with E-state index in [0.29, 0.717) is 6.54 Å². The Bertz CT molecular complexity index is 784. The summed E-state index contributed by atoms with van der Waals surface area (Å²) in [5.41, 5.74) is 3.13. The van der Waals surface area contributed by atoms with E-state index >= 15 is 0 Å². The van der Waals surface area contributed by atoms with Gasteiger partial charge in [0.2, 0.25) is 0 Å². The molecule has 0 amide bonds. The number of nitrogens with one attached hydrogen (secondary N) is 1. The van der Waals surface area contributed by atoms with Gasteiger partial charge in [-0.25, -0.2) is 9.37 Å². The van der Waals surface area contributed by atoms with Gasteiger partial charge < -0.3 is 4.74 Å². The molecule has 0 fully saturated rings. The minimum atomic E-state index is -0.234. The molecule has 3 nitrogen and oxygen atoms in total. The topological polar surface area (TPSA) is 34.1 Å². The summed E-state index contributed by atoms with van der Waals surface area (Å²) >= 11 is 1.64. The number of methoxy groups -OCH3 is 1. The van der Waals surface area contributed by atoms with E-state index in [9.17, 15) is 4.39 Å². The Hall–Kier alpha value is -2.24. The molecule has 1 N–H and O–H groups in total. The van der Waals surface area contributed by atoms with Crippen molar-refractivity contribution < 1.29 is 9.13 Å². The normalized spacial score (nSPS) is 12.1. The quantitative estimate of drug-likeness (QED) is 0.717. The third-order valence-corrected chi connectivity index (χ3v) is 4.74. The van der Waals surface area contributed by atoms with Gasteiger partial charge in [0.15, 0.2) is 0 Å². The van der Waals surface area contributed by atoms with Gasteiger partial charge >= 0.3 is 0 Å². The summed E-state index contributed by atoms with van der Waals surface area (Å²) in [6, 6.07) is 14.5. The molecule has 0 aliphatic heterocycles. The number of halogens is 1. The number of hydrogen-bond acceptors (Lipinski definition) is 4. The zero-order chi connectivity index (χ0) is 16.9. The minimum absolute atomic E-state index is 0.0410. The third-order valence-electron chi connectivity index (χ3n) is 3.78. The second kappa shape index (κ2) is 7.55. The van der Waals surface area contributed by atoms with Crippen molar-refractivity contribution in [1.29, 1.82) is 0 Å². The summed E-state index contributed by atoms with van der Waals surface area (Å²) < 4.78 is 18.5. The number of rotatable bonds is 6. The lowest BCUT2D eigenvalue weighted by molar-refractivity contribution is 0.414. The van der Waals surface area contributed by atoms with Crippen LogP contribution in [-0.4, -0.2) is 12.1 Å². The standard InChI is InChI=1S/C19H19FN2OS/c1-13-12-24-18(22-13)11-21-19(14-3-7-16(20)8-4-14)15-5-9-17(23-2)10-6-15/h3-10,12,19,21H,11H2,1-2H3. The van der Waals surface area contributed by atoms with Crippen LogP contribution in [0.25, 0.3) is 0 Å². The molecule has 0 aliphatic carbocycles. The highest BCUT2D eigenvalue weighted by Gasteiger charge is 2.15. The van der Waals surface area contributed by atoms with Gasteiger partial charge in [0.1, 0.15) is 16.6 Å². The van der Waals surface area contributed by atoms with E-state index < -0.39 is 0 Å². The van der Waals surface area contributed by atoms with Gasteiger partial charge in [-0.1, -0.05) is 24.3 Å². The third kappa shape index (κ3) is 3.99. The van der Waals surface area contributed by atoms with Crippen LogP contribution < -0.4 is 10.1 Å². The van der Waals surface area contributed by atoms with Gasteiger partial charge in [0.05, 0.1) is 13.2 Å². The summed E-state index contributed by atoms with van der Waals surface area (Å²) in [6.07, 6.45) is 0. The summed E-state index contributed by atoms with van der Waals surface area (Å²) in [7, 11) is 1.65. The fraction of sp³-hybridized carbons (Fsp3) is 0.211. The van der Waals surface area contributed by atoms with Crippen LogP contribution in [0.1, 0.15) is 27.9 Å². The first-order chi connectivity index (χ1) is 11.7. The molecule has 1 aromatic heterocycles. The number of benzene rings is 2. The fourth-order valence-corrected chi connectivity index (χ4v) is 3.28.